The summed E-state index contributed by atoms with van der Waals surface area (Å²) in [5.74, 6) is 5.20. The molecule has 4 aliphatic rings. The van der Waals surface area contributed by atoms with Gasteiger partial charge in [0.15, 0.2) is 8.32 Å². The molecule has 0 aromatic rings. The molecule has 0 spiro atoms. The van der Waals surface area contributed by atoms with Crippen LogP contribution >= 0.6 is 27.5 Å². The molecule has 4 aliphatic carbocycles. The number of halogens is 2. The standard InChI is InChI=1S/C11H16BrClOSi/c1-15(2,3)14-10-7-4-5(7)6(4)8-9(10)11(8,12)13/h4-10H,1-3H3. The number of hydrogen-bond acceptors (Lipinski definition) is 1. The second-order valence-corrected chi connectivity index (χ2v) is 13.6. The zero-order valence-electron chi connectivity index (χ0n) is 9.21. The van der Waals surface area contributed by atoms with Gasteiger partial charge in [0.2, 0.25) is 0 Å². The molecule has 0 heterocycles. The van der Waals surface area contributed by atoms with Crippen molar-refractivity contribution < 1.29 is 4.43 Å². The van der Waals surface area contributed by atoms with Gasteiger partial charge in [-0.05, 0) is 49.2 Å². The van der Waals surface area contributed by atoms with Gasteiger partial charge in [0.25, 0.3) is 0 Å². The predicted octanol–water partition coefficient (Wildman–Crippen LogP) is 3.29. The highest BCUT2D eigenvalue weighted by Crippen LogP contribution is 2.90. The minimum atomic E-state index is -1.41. The largest absolute Gasteiger partial charge is 0.414 e. The number of alkyl halides is 2. The lowest BCUT2D eigenvalue weighted by Crippen LogP contribution is -2.40. The molecule has 0 aliphatic heterocycles. The lowest BCUT2D eigenvalue weighted by Gasteiger charge is -2.33. The average Bonchev–Trinajstić information content (AvgIpc) is 2.86. The van der Waals surface area contributed by atoms with Crippen LogP contribution in [-0.4, -0.2) is 18.2 Å². The van der Waals surface area contributed by atoms with E-state index in [-0.39, 0.29) is 3.78 Å². The summed E-state index contributed by atoms with van der Waals surface area (Å²) in [6.07, 6.45) is 0.485. The number of fused-ring (bicyclic) bond motifs is 4. The van der Waals surface area contributed by atoms with Crippen LogP contribution in [0.5, 0.6) is 0 Å². The number of hydrogen-bond donors (Lipinski definition) is 0. The molecule has 4 fully saturated rings. The first-order valence-corrected chi connectivity index (χ1v) is 10.5. The van der Waals surface area contributed by atoms with Crippen molar-refractivity contribution in [2.24, 2.45) is 35.5 Å². The summed E-state index contributed by atoms with van der Waals surface area (Å²) in [6.45, 7) is 6.86. The maximum absolute atomic E-state index is 6.52. The van der Waals surface area contributed by atoms with Gasteiger partial charge in [0.05, 0.1) is 6.10 Å². The molecule has 0 radical (unpaired) electrons. The fraction of sp³-hybridized carbons (Fsp3) is 1.00. The number of rotatable bonds is 2. The van der Waals surface area contributed by atoms with E-state index < -0.39 is 8.32 Å². The van der Waals surface area contributed by atoms with Crippen molar-refractivity contribution in [1.82, 2.24) is 0 Å². The monoisotopic (exact) mass is 306 g/mol. The van der Waals surface area contributed by atoms with Gasteiger partial charge in [0.1, 0.15) is 3.78 Å². The molecule has 84 valence electrons. The van der Waals surface area contributed by atoms with E-state index in [1.807, 2.05) is 0 Å². The van der Waals surface area contributed by atoms with Crippen molar-refractivity contribution in [2.45, 2.75) is 29.5 Å². The quantitative estimate of drug-likeness (QED) is 0.562. The Morgan fingerprint density at radius 2 is 1.67 bits per heavy atom. The third-order valence-electron chi connectivity index (χ3n) is 4.74. The van der Waals surface area contributed by atoms with Gasteiger partial charge in [-0.15, -0.1) is 11.6 Å². The highest BCUT2D eigenvalue weighted by molar-refractivity contribution is 9.10. The molecule has 0 N–H and O–H groups in total. The molecule has 0 amide bonds. The van der Waals surface area contributed by atoms with E-state index in [2.05, 4.69) is 35.6 Å². The van der Waals surface area contributed by atoms with E-state index >= 15 is 0 Å². The van der Waals surface area contributed by atoms with E-state index in [0.29, 0.717) is 12.0 Å². The normalized spacial score (nSPS) is 68.2. The summed E-state index contributed by atoms with van der Waals surface area (Å²) in [4.78, 5) is 0. The van der Waals surface area contributed by atoms with Crippen LogP contribution in [0.15, 0.2) is 0 Å². The zero-order chi connectivity index (χ0) is 10.7. The topological polar surface area (TPSA) is 9.23 Å². The lowest BCUT2D eigenvalue weighted by molar-refractivity contribution is 0.0753. The maximum Gasteiger partial charge on any atom is 0.184 e. The molecule has 0 bridgehead atoms. The lowest BCUT2D eigenvalue weighted by atomic mass is 9.86. The first-order valence-electron chi connectivity index (χ1n) is 5.90. The van der Waals surface area contributed by atoms with E-state index in [4.69, 9.17) is 16.0 Å². The Balaban J connectivity index is 1.60. The van der Waals surface area contributed by atoms with Crippen molar-refractivity contribution >= 4 is 35.8 Å². The summed E-state index contributed by atoms with van der Waals surface area (Å²) in [7, 11) is -1.41. The summed E-state index contributed by atoms with van der Waals surface area (Å²) in [5.41, 5.74) is 0. The first-order chi connectivity index (χ1) is 6.84. The Morgan fingerprint density at radius 1 is 1.07 bits per heavy atom. The smallest absolute Gasteiger partial charge is 0.184 e. The minimum Gasteiger partial charge on any atom is -0.414 e. The summed E-state index contributed by atoms with van der Waals surface area (Å²) in [5, 5.41) is 0. The molecule has 6 atom stereocenters. The summed E-state index contributed by atoms with van der Waals surface area (Å²) >= 11 is 10.2. The molecular formula is C11H16BrClOSi. The van der Waals surface area contributed by atoms with Crippen LogP contribution in [0, 0.1) is 35.5 Å². The van der Waals surface area contributed by atoms with Crippen LogP contribution in [0.3, 0.4) is 0 Å². The van der Waals surface area contributed by atoms with Crippen LogP contribution < -0.4 is 0 Å². The van der Waals surface area contributed by atoms with Gasteiger partial charge < -0.3 is 4.43 Å². The van der Waals surface area contributed by atoms with Crippen LogP contribution in [0.4, 0.5) is 0 Å². The van der Waals surface area contributed by atoms with Gasteiger partial charge in [0, 0.05) is 5.92 Å². The zero-order valence-corrected chi connectivity index (χ0v) is 12.5. The Labute approximate surface area is 105 Å². The third-order valence-corrected chi connectivity index (χ3v) is 7.29. The molecule has 4 rings (SSSR count). The fourth-order valence-corrected chi connectivity index (χ4v) is 6.75. The van der Waals surface area contributed by atoms with Gasteiger partial charge in [-0.3, -0.25) is 0 Å². The Morgan fingerprint density at radius 3 is 2.20 bits per heavy atom. The van der Waals surface area contributed by atoms with Crippen LogP contribution in [0.1, 0.15) is 0 Å². The van der Waals surface area contributed by atoms with Gasteiger partial charge in [-0.2, -0.15) is 0 Å². The van der Waals surface area contributed by atoms with Crippen LogP contribution in [-0.2, 0) is 4.43 Å². The average molecular weight is 308 g/mol. The van der Waals surface area contributed by atoms with Gasteiger partial charge >= 0.3 is 0 Å². The highest BCUT2D eigenvalue weighted by Gasteiger charge is 2.91. The minimum absolute atomic E-state index is 0.0970. The fourth-order valence-electron chi connectivity index (χ4n) is 4.15. The predicted molar refractivity (Wildman–Crippen MR) is 66.7 cm³/mol. The Bertz CT molecular complexity index is 343. The molecule has 15 heavy (non-hydrogen) atoms. The summed E-state index contributed by atoms with van der Waals surface area (Å²) < 4.78 is 6.27. The summed E-state index contributed by atoms with van der Waals surface area (Å²) in [6, 6.07) is 0. The third kappa shape index (κ3) is 1.09. The second kappa shape index (κ2) is 2.38. The molecule has 4 heteroatoms. The van der Waals surface area contributed by atoms with Crippen molar-refractivity contribution in [1.29, 1.82) is 0 Å². The van der Waals surface area contributed by atoms with Crippen LogP contribution in [0.25, 0.3) is 0 Å². The van der Waals surface area contributed by atoms with Crippen molar-refractivity contribution in [3.8, 4) is 0 Å². The van der Waals surface area contributed by atoms with E-state index in [0.717, 1.165) is 29.6 Å². The van der Waals surface area contributed by atoms with Crippen LogP contribution in [0.2, 0.25) is 19.6 Å². The van der Waals surface area contributed by atoms with E-state index in [9.17, 15) is 0 Å². The molecule has 4 saturated carbocycles. The molecule has 0 saturated heterocycles. The molecule has 6 unspecified atom stereocenters. The SMILES string of the molecule is C[Si](C)(C)OC1C2C3C2C3C2C1C2(Cl)Br. The van der Waals surface area contributed by atoms with E-state index in [1.54, 1.807) is 0 Å². The van der Waals surface area contributed by atoms with Gasteiger partial charge in [-0.25, -0.2) is 0 Å². The van der Waals surface area contributed by atoms with E-state index in [1.165, 1.54) is 0 Å². The van der Waals surface area contributed by atoms with Gasteiger partial charge in [-0.1, -0.05) is 15.9 Å². The molecule has 0 aromatic heterocycles. The first kappa shape index (κ1) is 9.92. The Hall–Kier alpha value is 0.947. The molecular weight excluding hydrogens is 292 g/mol. The molecule has 0 aromatic carbocycles. The second-order valence-electron chi connectivity index (χ2n) is 6.73. The maximum atomic E-state index is 6.52. The Kier molecular flexibility index (Phi) is 1.58. The highest BCUT2D eigenvalue weighted by atomic mass is 79.9. The van der Waals surface area contributed by atoms with Crippen molar-refractivity contribution in [2.75, 3.05) is 0 Å². The molecule has 1 nitrogen and oxygen atoms in total. The van der Waals surface area contributed by atoms with Crippen molar-refractivity contribution in [3.05, 3.63) is 0 Å². The van der Waals surface area contributed by atoms with Crippen molar-refractivity contribution in [3.63, 3.8) is 0 Å².